The molecule has 202 valence electrons. The van der Waals surface area contributed by atoms with Crippen molar-refractivity contribution < 1.29 is 32.3 Å². The average molecular weight is 553 g/mol. The van der Waals surface area contributed by atoms with E-state index in [1.54, 1.807) is 24.3 Å². The third-order valence-corrected chi connectivity index (χ3v) is 8.34. The van der Waals surface area contributed by atoms with Crippen LogP contribution in [0, 0.1) is 5.82 Å². The van der Waals surface area contributed by atoms with Crippen LogP contribution in [-0.4, -0.2) is 59.5 Å². The Balaban J connectivity index is 1.46. The van der Waals surface area contributed by atoms with Crippen molar-refractivity contribution in [2.45, 2.75) is 29.8 Å². The molecule has 2 heterocycles. The van der Waals surface area contributed by atoms with Gasteiger partial charge in [0.15, 0.2) is 0 Å². The fraction of sp³-hybridized carbons (Fsp3) is 0.222. The molecule has 1 aromatic heterocycles. The smallest absolute Gasteiger partial charge is 0.309 e. The summed E-state index contributed by atoms with van der Waals surface area (Å²) in [6, 6.07) is 18.0. The zero-order valence-electron chi connectivity index (χ0n) is 20.8. The highest BCUT2D eigenvalue weighted by Gasteiger charge is 2.41. The first-order valence-corrected chi connectivity index (χ1v) is 13.5. The van der Waals surface area contributed by atoms with Crippen LogP contribution in [0.25, 0.3) is 10.9 Å². The van der Waals surface area contributed by atoms with Crippen LogP contribution in [-0.2, 0) is 26.1 Å². The Bertz CT molecular complexity index is 1620. The van der Waals surface area contributed by atoms with Crippen LogP contribution in [0.5, 0.6) is 11.5 Å². The summed E-state index contributed by atoms with van der Waals surface area (Å²) in [6.45, 7) is 0.00477. The number of sulfonamides is 1. The third kappa shape index (κ3) is 5.47. The molecule has 0 unspecified atom stereocenters. The van der Waals surface area contributed by atoms with Gasteiger partial charge in [0.05, 0.1) is 40.8 Å². The molecule has 1 aliphatic rings. The van der Waals surface area contributed by atoms with E-state index in [0.29, 0.717) is 22.4 Å². The summed E-state index contributed by atoms with van der Waals surface area (Å²) in [5, 5.41) is 18.1. The number of hydrogen-bond acceptors (Lipinski definition) is 7. The van der Waals surface area contributed by atoms with E-state index < -0.39 is 33.9 Å². The monoisotopic (exact) mass is 552 g/mol. The van der Waals surface area contributed by atoms with Crippen LogP contribution in [0.15, 0.2) is 82.8 Å². The molecule has 39 heavy (non-hydrogen) atoms. The number of carboxylic acid groups (broad SMARTS) is 1. The molecule has 0 amide bonds. The molecule has 1 saturated heterocycles. The number of carbonyl (C=O) groups is 1. The predicted molar refractivity (Wildman–Crippen MR) is 141 cm³/mol. The Labute approximate surface area is 223 Å². The van der Waals surface area contributed by atoms with E-state index in [2.05, 4.69) is 10.3 Å². The maximum atomic E-state index is 14.2. The molecule has 1 fully saturated rings. The fourth-order valence-electron chi connectivity index (χ4n) is 4.70. The molecule has 0 saturated carbocycles. The molecule has 12 heteroatoms. The summed E-state index contributed by atoms with van der Waals surface area (Å²) in [6.07, 6.45) is 1.31. The molecule has 4 aromatic rings. The number of fused-ring (bicyclic) bond motifs is 1. The maximum absolute atomic E-state index is 14.2. The molecule has 1 N–H and O–H groups in total. The highest BCUT2D eigenvalue weighted by molar-refractivity contribution is 7.89. The van der Waals surface area contributed by atoms with Crippen molar-refractivity contribution in [1.82, 2.24) is 14.1 Å². The van der Waals surface area contributed by atoms with Crippen molar-refractivity contribution in [2.24, 2.45) is 5.16 Å². The van der Waals surface area contributed by atoms with E-state index in [0.717, 1.165) is 0 Å². The van der Waals surface area contributed by atoms with Crippen molar-refractivity contribution in [3.05, 3.63) is 84.3 Å². The van der Waals surface area contributed by atoms with E-state index in [1.807, 2.05) is 18.2 Å². The minimum atomic E-state index is -4.00. The zero-order chi connectivity index (χ0) is 27.6. The van der Waals surface area contributed by atoms with E-state index in [-0.39, 0.29) is 30.0 Å². The van der Waals surface area contributed by atoms with Crippen LogP contribution in [0.1, 0.15) is 18.2 Å². The number of halogens is 1. The Morgan fingerprint density at radius 1 is 1.13 bits per heavy atom. The second-order valence-corrected chi connectivity index (χ2v) is 10.9. The number of nitrogens with zero attached hydrogens (tertiary/aromatic N) is 4. The summed E-state index contributed by atoms with van der Waals surface area (Å²) in [5.74, 6) is -0.487. The van der Waals surface area contributed by atoms with Gasteiger partial charge in [-0.3, -0.25) is 9.48 Å². The minimum absolute atomic E-state index is 0.00477. The number of hydrogen-bond donors (Lipinski definition) is 1. The summed E-state index contributed by atoms with van der Waals surface area (Å²) in [7, 11) is -2.64. The molecule has 2 atom stereocenters. The lowest BCUT2D eigenvalue weighted by molar-refractivity contribution is -0.136. The third-order valence-electron chi connectivity index (χ3n) is 6.43. The minimum Gasteiger partial charge on any atom is -0.481 e. The molecule has 10 nitrogen and oxygen atoms in total. The first-order chi connectivity index (χ1) is 18.8. The molecular formula is C27H25FN4O6S. The van der Waals surface area contributed by atoms with Crippen LogP contribution in [0.3, 0.4) is 0 Å². The SMILES string of the molecule is CO/N=C/[C@H]1C[C@@H](n2nc(CC(=O)O)c3ccc(F)cc32)CN1S(=O)(=O)c1ccc(Oc2ccccc2)cc1. The van der Waals surface area contributed by atoms with Crippen molar-refractivity contribution >= 4 is 33.1 Å². The molecular weight excluding hydrogens is 527 g/mol. The summed E-state index contributed by atoms with van der Waals surface area (Å²) >= 11 is 0. The molecule has 5 rings (SSSR count). The van der Waals surface area contributed by atoms with Gasteiger partial charge in [-0.25, -0.2) is 12.8 Å². The van der Waals surface area contributed by atoms with Crippen LogP contribution in [0.2, 0.25) is 0 Å². The normalized spacial score (nSPS) is 18.1. The molecule has 0 radical (unpaired) electrons. The van der Waals surface area contributed by atoms with Gasteiger partial charge in [0, 0.05) is 11.9 Å². The van der Waals surface area contributed by atoms with Crippen LogP contribution >= 0.6 is 0 Å². The van der Waals surface area contributed by atoms with Gasteiger partial charge < -0.3 is 14.7 Å². The number of benzene rings is 3. The van der Waals surface area contributed by atoms with Gasteiger partial charge in [0.25, 0.3) is 0 Å². The van der Waals surface area contributed by atoms with Crippen LogP contribution < -0.4 is 4.74 Å². The number of para-hydroxylation sites is 1. The van der Waals surface area contributed by atoms with Crippen LogP contribution in [0.4, 0.5) is 4.39 Å². The Kier molecular flexibility index (Phi) is 7.31. The second kappa shape index (κ2) is 10.8. The van der Waals surface area contributed by atoms with Gasteiger partial charge in [0.2, 0.25) is 10.0 Å². The van der Waals surface area contributed by atoms with E-state index in [4.69, 9.17) is 9.57 Å². The Morgan fingerprint density at radius 3 is 2.54 bits per heavy atom. The first kappa shape index (κ1) is 26.3. The number of carboxylic acids is 1. The van der Waals surface area contributed by atoms with Gasteiger partial charge in [-0.15, -0.1) is 0 Å². The Morgan fingerprint density at radius 2 is 1.85 bits per heavy atom. The molecule has 0 bridgehead atoms. The number of rotatable bonds is 9. The highest BCUT2D eigenvalue weighted by Crippen LogP contribution is 2.35. The number of aliphatic carboxylic acids is 1. The largest absolute Gasteiger partial charge is 0.481 e. The van der Waals surface area contributed by atoms with Crippen molar-refractivity contribution in [3.63, 3.8) is 0 Å². The number of oxime groups is 1. The standard InChI is InChI=1S/C27H25FN4O6S/c1-37-29-16-19-14-20(32-26-13-18(28)7-12-24(26)25(30-32)15-27(33)34)17-31(19)39(35,36)23-10-8-22(9-11-23)38-21-5-3-2-4-6-21/h2-13,16,19-20H,14-15,17H2,1H3,(H,33,34)/b29-16+/t19-,20-/m1/s1. The van der Waals surface area contributed by atoms with E-state index >= 15 is 0 Å². The average Bonchev–Trinajstić information content (AvgIpc) is 3.50. The maximum Gasteiger partial charge on any atom is 0.309 e. The van der Waals surface area contributed by atoms with E-state index in [9.17, 15) is 22.7 Å². The topological polar surface area (TPSA) is 123 Å². The second-order valence-electron chi connectivity index (χ2n) is 8.98. The molecule has 0 aliphatic carbocycles. The van der Waals surface area contributed by atoms with Gasteiger partial charge in [0.1, 0.15) is 24.4 Å². The highest BCUT2D eigenvalue weighted by atomic mass is 32.2. The zero-order valence-corrected chi connectivity index (χ0v) is 21.7. The first-order valence-electron chi connectivity index (χ1n) is 12.1. The summed E-state index contributed by atoms with van der Waals surface area (Å²) in [4.78, 5) is 16.3. The summed E-state index contributed by atoms with van der Waals surface area (Å²) in [5.41, 5.74) is 0.662. The molecule has 0 spiro atoms. The number of ether oxygens (including phenoxy) is 1. The van der Waals surface area contributed by atoms with Crippen molar-refractivity contribution in [3.8, 4) is 11.5 Å². The van der Waals surface area contributed by atoms with Gasteiger partial charge in [-0.1, -0.05) is 23.4 Å². The predicted octanol–water partition coefficient (Wildman–Crippen LogP) is 4.23. The summed E-state index contributed by atoms with van der Waals surface area (Å²) < 4.78 is 50.2. The van der Waals surface area contributed by atoms with Crippen molar-refractivity contribution in [1.29, 1.82) is 0 Å². The lowest BCUT2D eigenvalue weighted by Crippen LogP contribution is -2.36. The molecule has 1 aliphatic heterocycles. The lowest BCUT2D eigenvalue weighted by Gasteiger charge is -2.21. The van der Waals surface area contributed by atoms with Gasteiger partial charge in [-0.2, -0.15) is 9.40 Å². The van der Waals surface area contributed by atoms with Crippen molar-refractivity contribution in [2.75, 3.05) is 13.7 Å². The lowest BCUT2D eigenvalue weighted by atomic mass is 10.1. The van der Waals surface area contributed by atoms with Gasteiger partial charge >= 0.3 is 5.97 Å². The quantitative estimate of drug-likeness (QED) is 0.243. The van der Waals surface area contributed by atoms with E-state index in [1.165, 1.54) is 52.6 Å². The Hall–Kier alpha value is -4.29. The van der Waals surface area contributed by atoms with Gasteiger partial charge in [-0.05, 0) is 61.0 Å². The number of aromatic nitrogens is 2. The molecule has 3 aromatic carbocycles. The fourth-order valence-corrected chi connectivity index (χ4v) is 6.32.